The molecule has 2 heteroatoms. The Kier molecular flexibility index (Phi) is 4.60. The van der Waals surface area contributed by atoms with Crippen molar-refractivity contribution in [1.29, 1.82) is 0 Å². The van der Waals surface area contributed by atoms with Crippen LogP contribution in [0, 0.1) is 5.92 Å². The Bertz CT molecular complexity index is 185. The van der Waals surface area contributed by atoms with Gasteiger partial charge in [0.1, 0.15) is 0 Å². The van der Waals surface area contributed by atoms with Crippen LogP contribution in [0.3, 0.4) is 0 Å². The summed E-state index contributed by atoms with van der Waals surface area (Å²) in [6.07, 6.45) is 6.94. The number of nitrogens with zero attached hydrogens (tertiary/aromatic N) is 1. The third-order valence-corrected chi connectivity index (χ3v) is 4.59. The highest BCUT2D eigenvalue weighted by atomic mass is 15.2. The van der Waals surface area contributed by atoms with E-state index in [0.29, 0.717) is 5.92 Å². The van der Waals surface area contributed by atoms with Gasteiger partial charge in [0.05, 0.1) is 0 Å². The van der Waals surface area contributed by atoms with Crippen molar-refractivity contribution in [2.75, 3.05) is 13.6 Å². The first kappa shape index (κ1) is 13.0. The number of likely N-dealkylation sites (N-methyl/N-ethyl adjacent to an activating group) is 1. The number of rotatable bonds is 4. The lowest BCUT2D eigenvalue weighted by atomic mass is 9.83. The predicted molar refractivity (Wildman–Crippen MR) is 66.9 cm³/mol. The summed E-state index contributed by atoms with van der Waals surface area (Å²) in [6.45, 7) is 7.64. The average molecular weight is 212 g/mol. The van der Waals surface area contributed by atoms with Gasteiger partial charge in [0.15, 0.2) is 0 Å². The van der Waals surface area contributed by atoms with Gasteiger partial charge in [-0.1, -0.05) is 33.1 Å². The van der Waals surface area contributed by atoms with Crippen LogP contribution in [-0.4, -0.2) is 30.1 Å². The standard InChI is InChI=1S/C13H28N2/c1-11(2)13(3,10-14)15(4)12-8-6-5-7-9-12/h11-12H,5-10,14H2,1-4H3. The van der Waals surface area contributed by atoms with E-state index in [1.165, 1.54) is 32.1 Å². The van der Waals surface area contributed by atoms with Crippen molar-refractivity contribution in [1.82, 2.24) is 4.90 Å². The van der Waals surface area contributed by atoms with Crippen molar-refractivity contribution in [2.24, 2.45) is 11.7 Å². The van der Waals surface area contributed by atoms with Gasteiger partial charge in [0, 0.05) is 18.1 Å². The molecule has 0 aromatic heterocycles. The molecule has 0 bridgehead atoms. The largest absolute Gasteiger partial charge is 0.329 e. The van der Waals surface area contributed by atoms with Gasteiger partial charge in [-0.05, 0) is 32.7 Å². The smallest absolute Gasteiger partial charge is 0.0326 e. The summed E-state index contributed by atoms with van der Waals surface area (Å²) >= 11 is 0. The third kappa shape index (κ3) is 2.73. The van der Waals surface area contributed by atoms with Gasteiger partial charge in [-0.15, -0.1) is 0 Å². The predicted octanol–water partition coefficient (Wildman–Crippen LogP) is 2.62. The van der Waals surface area contributed by atoms with Gasteiger partial charge in [0.2, 0.25) is 0 Å². The van der Waals surface area contributed by atoms with Crippen molar-refractivity contribution >= 4 is 0 Å². The van der Waals surface area contributed by atoms with E-state index in [9.17, 15) is 0 Å². The molecule has 0 aromatic rings. The highest BCUT2D eigenvalue weighted by Gasteiger charge is 2.35. The number of hydrogen-bond acceptors (Lipinski definition) is 2. The molecule has 1 fully saturated rings. The maximum atomic E-state index is 5.97. The lowest BCUT2D eigenvalue weighted by Gasteiger charge is -2.47. The van der Waals surface area contributed by atoms with E-state index in [-0.39, 0.29) is 5.54 Å². The summed E-state index contributed by atoms with van der Waals surface area (Å²) in [4.78, 5) is 2.55. The summed E-state index contributed by atoms with van der Waals surface area (Å²) in [5.74, 6) is 0.620. The third-order valence-electron chi connectivity index (χ3n) is 4.59. The quantitative estimate of drug-likeness (QED) is 0.776. The molecular formula is C13H28N2. The van der Waals surface area contributed by atoms with Crippen LogP contribution in [-0.2, 0) is 0 Å². The second-order valence-corrected chi connectivity index (χ2v) is 5.62. The molecule has 0 amide bonds. The lowest BCUT2D eigenvalue weighted by molar-refractivity contribution is 0.0366. The van der Waals surface area contributed by atoms with Crippen molar-refractivity contribution in [3.8, 4) is 0 Å². The minimum Gasteiger partial charge on any atom is -0.329 e. The summed E-state index contributed by atoms with van der Waals surface area (Å²) < 4.78 is 0. The van der Waals surface area contributed by atoms with Gasteiger partial charge in [-0.3, -0.25) is 4.90 Å². The molecule has 1 rings (SSSR count). The fourth-order valence-electron chi connectivity index (χ4n) is 2.67. The van der Waals surface area contributed by atoms with Crippen LogP contribution in [0.25, 0.3) is 0 Å². The second-order valence-electron chi connectivity index (χ2n) is 5.62. The fraction of sp³-hybridized carbons (Fsp3) is 1.00. The van der Waals surface area contributed by atoms with E-state index in [1.54, 1.807) is 0 Å². The van der Waals surface area contributed by atoms with Crippen molar-refractivity contribution < 1.29 is 0 Å². The normalized spacial score (nSPS) is 23.4. The maximum Gasteiger partial charge on any atom is 0.0326 e. The molecule has 0 radical (unpaired) electrons. The summed E-state index contributed by atoms with van der Waals surface area (Å²) in [7, 11) is 2.27. The molecule has 2 nitrogen and oxygen atoms in total. The van der Waals surface area contributed by atoms with Gasteiger partial charge in [-0.2, -0.15) is 0 Å². The highest BCUT2D eigenvalue weighted by molar-refractivity contribution is 4.92. The molecule has 1 saturated carbocycles. The zero-order valence-corrected chi connectivity index (χ0v) is 10.9. The van der Waals surface area contributed by atoms with Gasteiger partial charge in [0.25, 0.3) is 0 Å². The Morgan fingerprint density at radius 1 is 1.27 bits per heavy atom. The van der Waals surface area contributed by atoms with Crippen LogP contribution in [0.5, 0.6) is 0 Å². The Morgan fingerprint density at radius 2 is 1.80 bits per heavy atom. The molecule has 1 aliphatic carbocycles. The van der Waals surface area contributed by atoms with Crippen molar-refractivity contribution in [3.63, 3.8) is 0 Å². The molecule has 90 valence electrons. The van der Waals surface area contributed by atoms with E-state index >= 15 is 0 Å². The molecule has 15 heavy (non-hydrogen) atoms. The summed E-state index contributed by atoms with van der Waals surface area (Å²) in [5.41, 5.74) is 6.14. The van der Waals surface area contributed by atoms with E-state index in [2.05, 4.69) is 32.7 Å². The SMILES string of the molecule is CC(C)C(C)(CN)N(C)C1CCCCC1. The van der Waals surface area contributed by atoms with Crippen LogP contribution >= 0.6 is 0 Å². The molecule has 1 atom stereocenters. The molecule has 2 N–H and O–H groups in total. The molecular weight excluding hydrogens is 184 g/mol. The van der Waals surface area contributed by atoms with Crippen molar-refractivity contribution in [2.45, 2.75) is 64.5 Å². The van der Waals surface area contributed by atoms with E-state index in [0.717, 1.165) is 12.6 Å². The molecule has 1 unspecified atom stereocenters. The maximum absolute atomic E-state index is 5.97. The molecule has 0 saturated heterocycles. The van der Waals surface area contributed by atoms with Crippen LogP contribution in [0.4, 0.5) is 0 Å². The average Bonchev–Trinajstić information content (AvgIpc) is 2.28. The van der Waals surface area contributed by atoms with Gasteiger partial charge in [-0.25, -0.2) is 0 Å². The molecule has 0 heterocycles. The Morgan fingerprint density at radius 3 is 2.20 bits per heavy atom. The lowest BCUT2D eigenvalue weighted by Crippen LogP contribution is -2.57. The number of nitrogens with two attached hydrogens (primary N) is 1. The zero-order valence-electron chi connectivity index (χ0n) is 10.9. The highest BCUT2D eigenvalue weighted by Crippen LogP contribution is 2.30. The molecule has 0 spiro atoms. The monoisotopic (exact) mass is 212 g/mol. The van der Waals surface area contributed by atoms with E-state index in [4.69, 9.17) is 5.73 Å². The number of hydrogen-bond donors (Lipinski definition) is 1. The Balaban J connectivity index is 2.66. The van der Waals surface area contributed by atoms with Gasteiger partial charge < -0.3 is 5.73 Å². The van der Waals surface area contributed by atoms with Crippen molar-refractivity contribution in [3.05, 3.63) is 0 Å². The van der Waals surface area contributed by atoms with E-state index in [1.807, 2.05) is 0 Å². The van der Waals surface area contributed by atoms with Crippen LogP contribution in [0.1, 0.15) is 52.9 Å². The fourth-order valence-corrected chi connectivity index (χ4v) is 2.67. The molecule has 0 aromatic carbocycles. The van der Waals surface area contributed by atoms with Crippen LogP contribution in [0.15, 0.2) is 0 Å². The first-order valence-electron chi connectivity index (χ1n) is 6.45. The Hall–Kier alpha value is -0.0800. The zero-order chi connectivity index (χ0) is 11.5. The minimum atomic E-state index is 0.169. The van der Waals surface area contributed by atoms with E-state index < -0.39 is 0 Å². The Labute approximate surface area is 95.2 Å². The minimum absolute atomic E-state index is 0.169. The molecule has 0 aliphatic heterocycles. The van der Waals surface area contributed by atoms with Crippen LogP contribution < -0.4 is 5.73 Å². The first-order valence-corrected chi connectivity index (χ1v) is 6.45. The van der Waals surface area contributed by atoms with Crippen LogP contribution in [0.2, 0.25) is 0 Å². The summed E-state index contributed by atoms with van der Waals surface area (Å²) in [5, 5.41) is 0. The van der Waals surface area contributed by atoms with Gasteiger partial charge >= 0.3 is 0 Å². The second kappa shape index (κ2) is 5.31. The topological polar surface area (TPSA) is 29.3 Å². The first-order chi connectivity index (χ1) is 7.02. The molecule has 1 aliphatic rings. The summed E-state index contributed by atoms with van der Waals surface area (Å²) in [6, 6.07) is 0.759.